The minimum atomic E-state index is -0.439. The summed E-state index contributed by atoms with van der Waals surface area (Å²) in [7, 11) is 1.33. The van der Waals surface area contributed by atoms with Crippen molar-refractivity contribution in [1.29, 1.82) is 0 Å². The van der Waals surface area contributed by atoms with Gasteiger partial charge in [0.2, 0.25) is 0 Å². The lowest BCUT2D eigenvalue weighted by Gasteiger charge is -2.07. The van der Waals surface area contributed by atoms with E-state index in [-0.39, 0.29) is 12.0 Å². The number of methoxy groups -OCH3 is 1. The van der Waals surface area contributed by atoms with Crippen molar-refractivity contribution < 1.29 is 9.53 Å². The van der Waals surface area contributed by atoms with E-state index in [1.807, 2.05) is 84.9 Å². The van der Waals surface area contributed by atoms with E-state index >= 15 is 0 Å². The maximum absolute atomic E-state index is 13.4. The number of para-hydroxylation sites is 2. The monoisotopic (exact) mass is 457 g/mol. The van der Waals surface area contributed by atoms with Crippen molar-refractivity contribution in [3.8, 4) is 5.69 Å². The fourth-order valence-electron chi connectivity index (χ4n) is 3.45. The number of hydrogen-bond donors (Lipinski definition) is 1. The van der Waals surface area contributed by atoms with Crippen LogP contribution in [0.5, 0.6) is 0 Å². The Labute approximate surface area is 195 Å². The fraction of sp³-hybridized carbons (Fsp3) is 0.115. The van der Waals surface area contributed by atoms with E-state index in [0.717, 1.165) is 15.5 Å². The Morgan fingerprint density at radius 1 is 0.970 bits per heavy atom. The number of hydrogen-bond acceptors (Lipinski definition) is 5. The van der Waals surface area contributed by atoms with Crippen LogP contribution in [0.4, 0.5) is 5.69 Å². The molecule has 0 amide bonds. The quantitative estimate of drug-likeness (QED) is 0.307. The Balaban J connectivity index is 1.78. The lowest BCUT2D eigenvalue weighted by molar-refractivity contribution is -0.139. The van der Waals surface area contributed by atoms with Gasteiger partial charge in [-0.3, -0.25) is 19.7 Å². The average Bonchev–Trinajstić information content (AvgIpc) is 3.17. The summed E-state index contributed by atoms with van der Waals surface area (Å²) in [6.45, 7) is 1.78. The molecule has 4 aromatic rings. The third-order valence-electron chi connectivity index (χ3n) is 5.01. The molecule has 0 atom stereocenters. The minimum absolute atomic E-state index is 0.0613. The number of benzene rings is 3. The van der Waals surface area contributed by atoms with Crippen LogP contribution in [0.3, 0.4) is 0 Å². The summed E-state index contributed by atoms with van der Waals surface area (Å²) >= 11 is 1.60. The standard InChI is InChI=1S/C26H23N3O3S/c1-18(27-21-15-9-10-16-23(21)33-20-13-7-4-8-14-20)25-22(17-24(30)32-2)28-29(26(25)31)19-11-5-3-6-12-19/h3-16,28H,17H2,1-2H3. The summed E-state index contributed by atoms with van der Waals surface area (Å²) < 4.78 is 6.26. The number of carbonyl (C=O) groups is 1. The van der Waals surface area contributed by atoms with Crippen LogP contribution in [0, 0.1) is 0 Å². The maximum atomic E-state index is 13.4. The molecule has 33 heavy (non-hydrogen) atoms. The van der Waals surface area contributed by atoms with E-state index in [1.165, 1.54) is 11.8 Å². The number of nitrogens with one attached hydrogen (secondary N) is 1. The summed E-state index contributed by atoms with van der Waals surface area (Å²) in [4.78, 5) is 32.3. The third-order valence-corrected chi connectivity index (χ3v) is 6.09. The molecule has 0 aliphatic heterocycles. The van der Waals surface area contributed by atoms with Gasteiger partial charge in [-0.2, -0.15) is 0 Å². The Kier molecular flexibility index (Phi) is 6.90. The number of H-pyrrole nitrogens is 1. The highest BCUT2D eigenvalue weighted by Crippen LogP contribution is 2.35. The average molecular weight is 458 g/mol. The molecular formula is C26H23N3O3S. The Hall–Kier alpha value is -3.84. The highest BCUT2D eigenvalue weighted by atomic mass is 32.2. The number of ether oxygens (including phenoxy) is 1. The van der Waals surface area contributed by atoms with Crippen molar-refractivity contribution in [3.63, 3.8) is 0 Å². The van der Waals surface area contributed by atoms with Crippen LogP contribution in [-0.4, -0.2) is 28.6 Å². The van der Waals surface area contributed by atoms with Gasteiger partial charge in [-0.25, -0.2) is 4.68 Å². The molecule has 0 saturated heterocycles. The lowest BCUT2D eigenvalue weighted by atomic mass is 10.1. The van der Waals surface area contributed by atoms with Gasteiger partial charge in [-0.15, -0.1) is 0 Å². The topological polar surface area (TPSA) is 76.5 Å². The first-order valence-electron chi connectivity index (χ1n) is 10.4. The first-order chi connectivity index (χ1) is 16.1. The van der Waals surface area contributed by atoms with Crippen molar-refractivity contribution >= 4 is 29.1 Å². The number of rotatable bonds is 7. The molecule has 3 aromatic carbocycles. The van der Waals surface area contributed by atoms with Gasteiger partial charge in [0.25, 0.3) is 5.56 Å². The number of aliphatic imine (C=N–C) groups is 1. The third kappa shape index (κ3) is 5.15. The van der Waals surface area contributed by atoms with E-state index < -0.39 is 5.97 Å². The molecule has 6 nitrogen and oxygen atoms in total. The van der Waals surface area contributed by atoms with E-state index in [1.54, 1.807) is 18.7 Å². The van der Waals surface area contributed by atoms with Crippen molar-refractivity contribution in [2.75, 3.05) is 7.11 Å². The number of aromatic nitrogens is 2. The molecule has 4 rings (SSSR count). The normalized spacial score (nSPS) is 11.4. The van der Waals surface area contributed by atoms with Gasteiger partial charge >= 0.3 is 5.97 Å². The van der Waals surface area contributed by atoms with Crippen LogP contribution >= 0.6 is 11.8 Å². The molecule has 0 fully saturated rings. The summed E-state index contributed by atoms with van der Waals surface area (Å²) in [6, 6.07) is 27.0. The van der Waals surface area contributed by atoms with Gasteiger partial charge in [-0.1, -0.05) is 60.3 Å². The van der Waals surface area contributed by atoms with E-state index in [9.17, 15) is 9.59 Å². The second-order valence-electron chi connectivity index (χ2n) is 7.27. The Morgan fingerprint density at radius 3 is 2.30 bits per heavy atom. The number of carbonyl (C=O) groups excluding carboxylic acids is 1. The summed E-state index contributed by atoms with van der Waals surface area (Å²) in [5, 5.41) is 3.07. The maximum Gasteiger partial charge on any atom is 0.311 e. The number of aromatic amines is 1. The predicted molar refractivity (Wildman–Crippen MR) is 131 cm³/mol. The van der Waals surface area contributed by atoms with Gasteiger partial charge in [0.1, 0.15) is 0 Å². The molecule has 0 radical (unpaired) electrons. The van der Waals surface area contributed by atoms with Gasteiger partial charge in [0, 0.05) is 9.79 Å². The Morgan fingerprint density at radius 2 is 1.61 bits per heavy atom. The van der Waals surface area contributed by atoms with Crippen molar-refractivity contribution in [3.05, 3.63) is 107 Å². The molecule has 0 bridgehead atoms. The van der Waals surface area contributed by atoms with E-state index in [2.05, 4.69) is 5.10 Å². The van der Waals surface area contributed by atoms with E-state index in [4.69, 9.17) is 9.73 Å². The highest BCUT2D eigenvalue weighted by Gasteiger charge is 2.20. The minimum Gasteiger partial charge on any atom is -0.469 e. The fourth-order valence-corrected chi connectivity index (χ4v) is 4.36. The molecule has 0 spiro atoms. The van der Waals surface area contributed by atoms with E-state index in [0.29, 0.717) is 22.7 Å². The molecule has 166 valence electrons. The van der Waals surface area contributed by atoms with Crippen LogP contribution in [0.1, 0.15) is 18.2 Å². The van der Waals surface area contributed by atoms with Gasteiger partial charge in [0.15, 0.2) is 0 Å². The zero-order chi connectivity index (χ0) is 23.2. The van der Waals surface area contributed by atoms with Crippen molar-refractivity contribution in [2.24, 2.45) is 4.99 Å². The molecule has 1 heterocycles. The zero-order valence-electron chi connectivity index (χ0n) is 18.3. The molecule has 1 aromatic heterocycles. The molecule has 7 heteroatoms. The second kappa shape index (κ2) is 10.2. The van der Waals surface area contributed by atoms with Crippen molar-refractivity contribution in [2.45, 2.75) is 23.1 Å². The van der Waals surface area contributed by atoms with Crippen LogP contribution in [0.2, 0.25) is 0 Å². The lowest BCUT2D eigenvalue weighted by Crippen LogP contribution is -2.20. The summed E-state index contributed by atoms with van der Waals surface area (Å²) in [6.07, 6.45) is -0.0613. The SMILES string of the molecule is COC(=O)Cc1[nH]n(-c2ccccc2)c(=O)c1C(C)=Nc1ccccc1Sc1ccccc1. The second-order valence-corrected chi connectivity index (χ2v) is 8.39. The Bertz CT molecular complexity index is 1340. The molecule has 0 saturated carbocycles. The number of nitrogens with zero attached hydrogens (tertiary/aromatic N) is 2. The first kappa shape index (κ1) is 22.4. The smallest absolute Gasteiger partial charge is 0.311 e. The van der Waals surface area contributed by atoms with Gasteiger partial charge in [-0.05, 0) is 43.3 Å². The number of esters is 1. The molecule has 0 aliphatic carbocycles. The van der Waals surface area contributed by atoms with Crippen molar-refractivity contribution in [1.82, 2.24) is 9.78 Å². The van der Waals surface area contributed by atoms with Crippen LogP contribution < -0.4 is 5.56 Å². The summed E-state index contributed by atoms with van der Waals surface area (Å²) in [5.74, 6) is -0.439. The van der Waals surface area contributed by atoms with Gasteiger partial charge < -0.3 is 4.74 Å². The van der Waals surface area contributed by atoms with Crippen LogP contribution in [0.25, 0.3) is 5.69 Å². The largest absolute Gasteiger partial charge is 0.469 e. The molecule has 1 N–H and O–H groups in total. The molecule has 0 unspecified atom stereocenters. The predicted octanol–water partition coefficient (Wildman–Crippen LogP) is 5.17. The first-order valence-corrected chi connectivity index (χ1v) is 11.2. The highest BCUT2D eigenvalue weighted by molar-refractivity contribution is 7.99. The van der Waals surface area contributed by atoms with Crippen LogP contribution in [-0.2, 0) is 16.0 Å². The summed E-state index contributed by atoms with van der Waals surface area (Å²) in [5.41, 5.74) is 2.50. The zero-order valence-corrected chi connectivity index (χ0v) is 19.1. The van der Waals surface area contributed by atoms with Crippen LogP contribution in [0.15, 0.2) is 105 Å². The van der Waals surface area contributed by atoms with Gasteiger partial charge in [0.05, 0.1) is 41.9 Å². The molecule has 0 aliphatic rings. The molecular weight excluding hydrogens is 434 g/mol.